The van der Waals surface area contributed by atoms with Gasteiger partial charge in [0.1, 0.15) is 5.75 Å². The van der Waals surface area contributed by atoms with Crippen molar-refractivity contribution in [2.45, 2.75) is 0 Å². The number of pyridine rings is 1. The van der Waals surface area contributed by atoms with E-state index in [0.29, 0.717) is 28.1 Å². The smallest absolute Gasteiger partial charge is 0.335 e. The van der Waals surface area contributed by atoms with Gasteiger partial charge >= 0.3 is 5.97 Å². The summed E-state index contributed by atoms with van der Waals surface area (Å²) in [6.45, 7) is 0. The van der Waals surface area contributed by atoms with Crippen molar-refractivity contribution in [3.05, 3.63) is 102 Å². The summed E-state index contributed by atoms with van der Waals surface area (Å²) in [6, 6.07) is 22.1. The Morgan fingerprint density at radius 3 is 2.53 bits per heavy atom. The number of carbonyl (C=O) groups is 2. The van der Waals surface area contributed by atoms with Crippen LogP contribution in [-0.2, 0) is 4.79 Å². The highest BCUT2D eigenvalue weighted by molar-refractivity contribution is 6.55. The Bertz CT molecular complexity index is 1450. The summed E-state index contributed by atoms with van der Waals surface area (Å²) in [4.78, 5) is 30.2. The number of fused-ring (bicyclic) bond motifs is 1. The van der Waals surface area contributed by atoms with Gasteiger partial charge in [0.2, 0.25) is 0 Å². The van der Waals surface area contributed by atoms with Crippen molar-refractivity contribution in [1.29, 1.82) is 0 Å². The largest absolute Gasteiger partial charge is 0.505 e. The Balaban J connectivity index is 1.50. The van der Waals surface area contributed by atoms with Gasteiger partial charge in [-0.25, -0.2) is 4.79 Å². The van der Waals surface area contributed by atoms with Gasteiger partial charge in [-0.15, -0.1) is 0 Å². The number of amides is 1. The lowest BCUT2D eigenvalue weighted by atomic mass is 10.0. The van der Waals surface area contributed by atoms with E-state index >= 15 is 0 Å². The number of phenolic OH excluding ortho intramolecular Hbond substituents is 1. The van der Waals surface area contributed by atoms with Gasteiger partial charge in [-0.1, -0.05) is 42.5 Å². The first-order valence-electron chi connectivity index (χ1n) is 10.4. The van der Waals surface area contributed by atoms with Crippen LogP contribution in [0.15, 0.2) is 96.4 Å². The summed E-state index contributed by atoms with van der Waals surface area (Å²) in [6.07, 6.45) is 3.24. The third-order valence-electron chi connectivity index (χ3n) is 5.45. The zero-order valence-corrected chi connectivity index (χ0v) is 17.7. The molecule has 0 aliphatic carbocycles. The minimum absolute atomic E-state index is 0.110. The van der Waals surface area contributed by atoms with Crippen LogP contribution in [-0.4, -0.2) is 32.8 Å². The molecule has 0 saturated heterocycles. The van der Waals surface area contributed by atoms with E-state index in [1.165, 1.54) is 17.0 Å². The number of rotatable bonds is 5. The van der Waals surface area contributed by atoms with Crippen LogP contribution in [0.2, 0.25) is 0 Å². The maximum Gasteiger partial charge on any atom is 0.335 e. The maximum absolute atomic E-state index is 13.3. The van der Waals surface area contributed by atoms with Crippen molar-refractivity contribution in [3.63, 3.8) is 0 Å². The number of hydrogen-bond acceptors (Lipinski definition) is 6. The molecule has 3 N–H and O–H groups in total. The number of carboxylic acid groups (broad SMARTS) is 1. The van der Waals surface area contributed by atoms with E-state index in [4.69, 9.17) is 0 Å². The van der Waals surface area contributed by atoms with E-state index in [1.54, 1.807) is 60.9 Å². The van der Waals surface area contributed by atoms with E-state index in [9.17, 15) is 19.8 Å². The summed E-state index contributed by atoms with van der Waals surface area (Å²) >= 11 is 0. The average molecular weight is 450 g/mol. The molecule has 0 spiro atoms. The highest BCUT2D eigenvalue weighted by Crippen LogP contribution is 2.37. The first-order valence-corrected chi connectivity index (χ1v) is 10.4. The second-order valence-electron chi connectivity index (χ2n) is 7.53. The number of aromatic carboxylic acids is 1. The maximum atomic E-state index is 13.3. The van der Waals surface area contributed by atoms with E-state index < -0.39 is 5.97 Å². The molecule has 0 saturated carbocycles. The molecule has 1 aliphatic heterocycles. The lowest BCUT2D eigenvalue weighted by Crippen LogP contribution is -2.26. The van der Waals surface area contributed by atoms with Crippen molar-refractivity contribution in [3.8, 4) is 16.9 Å². The van der Waals surface area contributed by atoms with E-state index in [0.717, 1.165) is 0 Å². The molecule has 1 aromatic heterocycles. The van der Waals surface area contributed by atoms with Gasteiger partial charge in [-0.05, 0) is 42.0 Å². The predicted octanol–water partition coefficient (Wildman–Crippen LogP) is 4.65. The standard InChI is InChI=1S/C26H18N4O4/c31-24-19(16-6-3-7-17(14-16)26(33)34)10-4-11-21(24)28-29-23-20-9-1-2-12-22(20)30(25(23)32)18-8-5-13-27-15-18/h1-15,28,31H,(H,33,34). The highest BCUT2D eigenvalue weighted by atomic mass is 16.4. The van der Waals surface area contributed by atoms with Crippen LogP contribution < -0.4 is 10.3 Å². The van der Waals surface area contributed by atoms with Crippen LogP contribution >= 0.6 is 0 Å². The molecule has 1 amide bonds. The number of nitrogens with one attached hydrogen (secondary N) is 1. The van der Waals surface area contributed by atoms with Gasteiger partial charge in [-0.3, -0.25) is 20.1 Å². The SMILES string of the molecule is O=C(O)c1cccc(-c2cccc(NN=C3C(=O)N(c4cccnc4)c4ccccc43)c2O)c1. The second-order valence-corrected chi connectivity index (χ2v) is 7.53. The molecule has 0 fully saturated rings. The molecule has 0 bridgehead atoms. The van der Waals surface area contributed by atoms with Gasteiger partial charge in [0.05, 0.1) is 28.8 Å². The Hall–Kier alpha value is -4.98. The molecule has 3 aromatic carbocycles. The van der Waals surface area contributed by atoms with Crippen molar-refractivity contribution >= 4 is 34.7 Å². The number of benzene rings is 3. The Labute approximate surface area is 194 Å². The summed E-state index contributed by atoms with van der Waals surface area (Å²) in [5.74, 6) is -1.50. The van der Waals surface area contributed by atoms with Crippen LogP contribution in [0.1, 0.15) is 15.9 Å². The summed E-state index contributed by atoms with van der Waals surface area (Å²) in [5, 5.41) is 24.4. The first kappa shape index (κ1) is 20.9. The van der Waals surface area contributed by atoms with Crippen molar-refractivity contribution in [2.24, 2.45) is 5.10 Å². The van der Waals surface area contributed by atoms with E-state index in [-0.39, 0.29) is 28.6 Å². The lowest BCUT2D eigenvalue weighted by molar-refractivity contribution is -0.111. The van der Waals surface area contributed by atoms with Crippen molar-refractivity contribution in [2.75, 3.05) is 10.3 Å². The number of hydrazone groups is 1. The van der Waals surface area contributed by atoms with Gasteiger partial charge in [0.25, 0.3) is 5.91 Å². The lowest BCUT2D eigenvalue weighted by Gasteiger charge is -2.16. The average Bonchev–Trinajstić information content (AvgIpc) is 3.15. The van der Waals surface area contributed by atoms with Gasteiger partial charge in [0, 0.05) is 17.3 Å². The third-order valence-corrected chi connectivity index (χ3v) is 5.45. The predicted molar refractivity (Wildman–Crippen MR) is 128 cm³/mol. The molecule has 8 heteroatoms. The van der Waals surface area contributed by atoms with Gasteiger partial charge < -0.3 is 10.2 Å². The Morgan fingerprint density at radius 2 is 1.74 bits per heavy atom. The number of phenols is 1. The van der Waals surface area contributed by atoms with Crippen LogP contribution in [0.5, 0.6) is 5.75 Å². The monoisotopic (exact) mass is 450 g/mol. The minimum atomic E-state index is -1.06. The fourth-order valence-corrected chi connectivity index (χ4v) is 3.85. The summed E-state index contributed by atoms with van der Waals surface area (Å²) in [7, 11) is 0. The quantitative estimate of drug-likeness (QED) is 0.301. The number of para-hydroxylation sites is 2. The Morgan fingerprint density at radius 1 is 0.941 bits per heavy atom. The molecule has 0 radical (unpaired) electrons. The number of carboxylic acids is 1. The van der Waals surface area contributed by atoms with Crippen LogP contribution in [0, 0.1) is 0 Å². The highest BCUT2D eigenvalue weighted by Gasteiger charge is 2.35. The van der Waals surface area contributed by atoms with Gasteiger partial charge in [-0.2, -0.15) is 5.10 Å². The molecule has 166 valence electrons. The number of aromatic hydroxyl groups is 1. The van der Waals surface area contributed by atoms with Crippen LogP contribution in [0.4, 0.5) is 17.1 Å². The molecule has 8 nitrogen and oxygen atoms in total. The summed E-state index contributed by atoms with van der Waals surface area (Å²) in [5.41, 5.74) is 6.30. The molecule has 34 heavy (non-hydrogen) atoms. The van der Waals surface area contributed by atoms with E-state index in [1.807, 2.05) is 18.2 Å². The molecular weight excluding hydrogens is 432 g/mol. The topological polar surface area (TPSA) is 115 Å². The van der Waals surface area contributed by atoms with Crippen molar-refractivity contribution in [1.82, 2.24) is 4.98 Å². The number of aromatic nitrogens is 1. The fraction of sp³-hybridized carbons (Fsp3) is 0. The van der Waals surface area contributed by atoms with Crippen LogP contribution in [0.3, 0.4) is 0 Å². The zero-order valence-electron chi connectivity index (χ0n) is 17.7. The third kappa shape index (κ3) is 3.63. The molecule has 2 heterocycles. The normalized spacial score (nSPS) is 13.7. The molecule has 0 unspecified atom stereocenters. The van der Waals surface area contributed by atoms with Gasteiger partial charge in [0.15, 0.2) is 5.71 Å². The molecule has 1 aliphatic rings. The minimum Gasteiger partial charge on any atom is -0.505 e. The van der Waals surface area contributed by atoms with Crippen LogP contribution in [0.25, 0.3) is 11.1 Å². The molecular formula is C26H18N4O4. The fourth-order valence-electron chi connectivity index (χ4n) is 3.85. The second kappa shape index (κ2) is 8.51. The van der Waals surface area contributed by atoms with E-state index in [2.05, 4.69) is 15.5 Å². The molecule has 5 rings (SSSR count). The molecule has 0 atom stereocenters. The zero-order chi connectivity index (χ0) is 23.7. The molecule has 4 aromatic rings. The van der Waals surface area contributed by atoms with Crippen molar-refractivity contribution < 1.29 is 19.8 Å². The first-order chi connectivity index (χ1) is 16.5. The number of anilines is 3. The summed E-state index contributed by atoms with van der Waals surface area (Å²) < 4.78 is 0. The Kier molecular flexibility index (Phi) is 5.23. The number of nitrogens with zero attached hydrogens (tertiary/aromatic N) is 3. The number of carbonyl (C=O) groups excluding carboxylic acids is 1. The number of hydrogen-bond donors (Lipinski definition) is 3.